The van der Waals surface area contributed by atoms with E-state index in [2.05, 4.69) is 36.5 Å². The maximum absolute atomic E-state index is 5.71. The van der Waals surface area contributed by atoms with Crippen LogP contribution in [0.4, 0.5) is 5.13 Å². The van der Waals surface area contributed by atoms with E-state index in [0.29, 0.717) is 0 Å². The van der Waals surface area contributed by atoms with Crippen LogP contribution in [0.1, 0.15) is 33.4 Å². The molecule has 0 saturated heterocycles. The molecule has 1 atom stereocenters. The molecule has 1 heterocycles. The molecule has 14 heavy (non-hydrogen) atoms. The summed E-state index contributed by atoms with van der Waals surface area (Å²) in [4.78, 5) is 4.46. The fourth-order valence-electron chi connectivity index (χ4n) is 1.11. The molecule has 80 valence electrons. The topological polar surface area (TPSA) is 50.9 Å². The molecule has 0 saturated carbocycles. The second kappa shape index (κ2) is 4.28. The molecule has 1 aromatic heterocycles. The van der Waals surface area contributed by atoms with Gasteiger partial charge < -0.3 is 11.1 Å². The first-order chi connectivity index (χ1) is 6.37. The lowest BCUT2D eigenvalue weighted by Gasteiger charge is -2.19. The third-order valence-electron chi connectivity index (χ3n) is 1.56. The minimum absolute atomic E-state index is 0.0729. The Labute approximate surface area is 89.7 Å². The number of hydrogen-bond donors (Lipinski definition) is 2. The second-order valence-electron chi connectivity index (χ2n) is 4.70. The van der Waals surface area contributed by atoms with Crippen molar-refractivity contribution in [2.24, 2.45) is 5.73 Å². The van der Waals surface area contributed by atoms with Gasteiger partial charge in [0.05, 0.1) is 5.69 Å². The highest BCUT2D eigenvalue weighted by Crippen LogP contribution is 2.20. The zero-order valence-corrected chi connectivity index (χ0v) is 10.1. The summed E-state index contributed by atoms with van der Waals surface area (Å²) in [5.41, 5.74) is 6.86. The molecule has 1 aromatic rings. The Morgan fingerprint density at radius 2 is 2.21 bits per heavy atom. The van der Waals surface area contributed by atoms with Gasteiger partial charge in [0.15, 0.2) is 5.13 Å². The minimum atomic E-state index is 0.0729. The molecule has 0 amide bonds. The van der Waals surface area contributed by atoms with Gasteiger partial charge in [0.2, 0.25) is 0 Å². The van der Waals surface area contributed by atoms with Gasteiger partial charge in [0.25, 0.3) is 0 Å². The van der Waals surface area contributed by atoms with E-state index in [1.165, 1.54) is 0 Å². The zero-order chi connectivity index (χ0) is 10.8. The van der Waals surface area contributed by atoms with Crippen LogP contribution in [-0.2, 0) is 6.42 Å². The maximum atomic E-state index is 5.71. The Bertz CT molecular complexity index is 286. The Kier molecular flexibility index (Phi) is 3.50. The van der Waals surface area contributed by atoms with E-state index in [1.54, 1.807) is 11.3 Å². The summed E-state index contributed by atoms with van der Waals surface area (Å²) in [5, 5.41) is 6.39. The number of aromatic nitrogens is 1. The summed E-state index contributed by atoms with van der Waals surface area (Å²) < 4.78 is 0. The molecule has 1 unspecified atom stereocenters. The molecular weight excluding hydrogens is 194 g/mol. The predicted octanol–water partition coefficient (Wildman–Crippen LogP) is 2.24. The van der Waals surface area contributed by atoms with E-state index in [9.17, 15) is 0 Å². The SMILES string of the molecule is CC(N)Cc1csc(NC(C)(C)C)n1. The number of nitrogens with one attached hydrogen (secondary N) is 1. The Morgan fingerprint density at radius 3 is 2.71 bits per heavy atom. The van der Waals surface area contributed by atoms with E-state index in [-0.39, 0.29) is 11.6 Å². The standard InChI is InChI=1S/C10H19N3S/c1-7(11)5-8-6-14-9(12-8)13-10(2,3)4/h6-7H,5,11H2,1-4H3,(H,12,13). The first kappa shape index (κ1) is 11.5. The Hall–Kier alpha value is -0.610. The monoisotopic (exact) mass is 213 g/mol. The third kappa shape index (κ3) is 4.07. The number of nitrogens with two attached hydrogens (primary N) is 1. The van der Waals surface area contributed by atoms with Crippen molar-refractivity contribution in [1.29, 1.82) is 0 Å². The van der Waals surface area contributed by atoms with Crippen LogP contribution in [-0.4, -0.2) is 16.6 Å². The first-order valence-corrected chi connectivity index (χ1v) is 5.73. The Balaban J connectivity index is 2.60. The summed E-state index contributed by atoms with van der Waals surface area (Å²) in [6.07, 6.45) is 0.850. The molecule has 0 aliphatic heterocycles. The van der Waals surface area contributed by atoms with Crippen LogP contribution in [0.3, 0.4) is 0 Å². The molecule has 4 heteroatoms. The summed E-state index contributed by atoms with van der Waals surface area (Å²) in [5.74, 6) is 0. The lowest BCUT2D eigenvalue weighted by atomic mass is 10.1. The average molecular weight is 213 g/mol. The number of nitrogens with zero attached hydrogens (tertiary/aromatic N) is 1. The van der Waals surface area contributed by atoms with Gasteiger partial charge in [-0.25, -0.2) is 4.98 Å². The second-order valence-corrected chi connectivity index (χ2v) is 5.56. The van der Waals surface area contributed by atoms with Crippen molar-refractivity contribution in [2.45, 2.75) is 45.7 Å². The smallest absolute Gasteiger partial charge is 0.183 e. The number of hydrogen-bond acceptors (Lipinski definition) is 4. The van der Waals surface area contributed by atoms with Crippen molar-refractivity contribution in [1.82, 2.24) is 4.98 Å². The van der Waals surface area contributed by atoms with Crippen LogP contribution in [0.5, 0.6) is 0 Å². The van der Waals surface area contributed by atoms with Crippen molar-refractivity contribution >= 4 is 16.5 Å². The highest BCUT2D eigenvalue weighted by Gasteiger charge is 2.12. The molecule has 0 fully saturated rings. The van der Waals surface area contributed by atoms with Crippen molar-refractivity contribution in [3.63, 3.8) is 0 Å². The van der Waals surface area contributed by atoms with Crippen LogP contribution in [0, 0.1) is 0 Å². The lowest BCUT2D eigenvalue weighted by molar-refractivity contribution is 0.632. The molecule has 3 N–H and O–H groups in total. The quantitative estimate of drug-likeness (QED) is 0.809. The van der Waals surface area contributed by atoms with Crippen molar-refractivity contribution in [3.05, 3.63) is 11.1 Å². The van der Waals surface area contributed by atoms with E-state index in [1.807, 2.05) is 6.92 Å². The van der Waals surface area contributed by atoms with Crippen LogP contribution < -0.4 is 11.1 Å². The van der Waals surface area contributed by atoms with Crippen molar-refractivity contribution in [3.8, 4) is 0 Å². The van der Waals surface area contributed by atoms with Crippen molar-refractivity contribution in [2.75, 3.05) is 5.32 Å². The van der Waals surface area contributed by atoms with Gasteiger partial charge in [0.1, 0.15) is 0 Å². The molecular formula is C10H19N3S. The average Bonchev–Trinajstić information content (AvgIpc) is 2.30. The molecule has 0 bridgehead atoms. The molecule has 0 aliphatic carbocycles. The van der Waals surface area contributed by atoms with Crippen LogP contribution in [0.25, 0.3) is 0 Å². The number of thiazole rings is 1. The maximum Gasteiger partial charge on any atom is 0.183 e. The molecule has 1 rings (SSSR count). The lowest BCUT2D eigenvalue weighted by Crippen LogP contribution is -2.26. The number of rotatable bonds is 3. The normalized spacial score (nSPS) is 14.1. The van der Waals surface area contributed by atoms with E-state index >= 15 is 0 Å². The predicted molar refractivity (Wildman–Crippen MR) is 62.8 cm³/mol. The summed E-state index contributed by atoms with van der Waals surface area (Å²) >= 11 is 1.64. The van der Waals surface area contributed by atoms with Gasteiger partial charge >= 0.3 is 0 Å². The summed E-state index contributed by atoms with van der Waals surface area (Å²) in [7, 11) is 0. The highest BCUT2D eigenvalue weighted by atomic mass is 32.1. The molecule has 0 aliphatic rings. The highest BCUT2D eigenvalue weighted by molar-refractivity contribution is 7.13. The van der Waals surface area contributed by atoms with Crippen LogP contribution in [0.15, 0.2) is 5.38 Å². The van der Waals surface area contributed by atoms with Gasteiger partial charge in [0, 0.05) is 23.4 Å². The van der Waals surface area contributed by atoms with Gasteiger partial charge in [-0.15, -0.1) is 11.3 Å². The number of anilines is 1. The van der Waals surface area contributed by atoms with E-state index in [4.69, 9.17) is 5.73 Å². The van der Waals surface area contributed by atoms with Crippen molar-refractivity contribution < 1.29 is 0 Å². The minimum Gasteiger partial charge on any atom is -0.357 e. The Morgan fingerprint density at radius 1 is 1.57 bits per heavy atom. The summed E-state index contributed by atoms with van der Waals surface area (Å²) in [6, 6.07) is 0.180. The molecule has 3 nitrogen and oxygen atoms in total. The third-order valence-corrected chi connectivity index (χ3v) is 2.37. The molecule has 0 spiro atoms. The largest absolute Gasteiger partial charge is 0.357 e. The van der Waals surface area contributed by atoms with Gasteiger partial charge in [-0.2, -0.15) is 0 Å². The van der Waals surface area contributed by atoms with Gasteiger partial charge in [-0.1, -0.05) is 0 Å². The van der Waals surface area contributed by atoms with E-state index in [0.717, 1.165) is 17.2 Å². The van der Waals surface area contributed by atoms with E-state index < -0.39 is 0 Å². The first-order valence-electron chi connectivity index (χ1n) is 4.85. The van der Waals surface area contributed by atoms with Crippen LogP contribution in [0.2, 0.25) is 0 Å². The summed E-state index contributed by atoms with van der Waals surface area (Å²) in [6.45, 7) is 8.37. The fraction of sp³-hybridized carbons (Fsp3) is 0.700. The fourth-order valence-corrected chi connectivity index (χ4v) is 2.04. The molecule has 0 aromatic carbocycles. The van der Waals surface area contributed by atoms with Gasteiger partial charge in [-0.3, -0.25) is 0 Å². The van der Waals surface area contributed by atoms with Crippen LogP contribution >= 0.6 is 11.3 Å². The van der Waals surface area contributed by atoms with Gasteiger partial charge in [-0.05, 0) is 27.7 Å². The zero-order valence-electron chi connectivity index (χ0n) is 9.29. The molecule has 0 radical (unpaired) electrons.